The van der Waals surface area contributed by atoms with Gasteiger partial charge in [-0.2, -0.15) is 0 Å². The van der Waals surface area contributed by atoms with Crippen LogP contribution in [-0.4, -0.2) is 55.1 Å². The first kappa shape index (κ1) is 16.5. The molecular formula is C14H19N3O4. The minimum Gasteiger partial charge on any atom is -0.480 e. The lowest BCUT2D eigenvalue weighted by Gasteiger charge is -2.21. The Labute approximate surface area is 123 Å². The molecule has 114 valence electrons. The summed E-state index contributed by atoms with van der Waals surface area (Å²) in [6, 6.07) is 7.95. The molecule has 0 spiro atoms. The van der Waals surface area contributed by atoms with Gasteiger partial charge in [0.25, 0.3) is 0 Å². The van der Waals surface area contributed by atoms with E-state index >= 15 is 0 Å². The van der Waals surface area contributed by atoms with E-state index in [0.717, 1.165) is 4.90 Å². The quantitative estimate of drug-likeness (QED) is 0.810. The Balaban J connectivity index is 2.65. The molecule has 0 aliphatic heterocycles. The summed E-state index contributed by atoms with van der Waals surface area (Å²) in [4.78, 5) is 36.9. The van der Waals surface area contributed by atoms with Crippen molar-refractivity contribution in [2.45, 2.75) is 6.42 Å². The van der Waals surface area contributed by atoms with Gasteiger partial charge in [-0.3, -0.25) is 14.5 Å². The fourth-order valence-corrected chi connectivity index (χ4v) is 1.62. The van der Waals surface area contributed by atoms with E-state index in [9.17, 15) is 14.4 Å². The standard InChI is InChI=1S/C14H19N3O4/c1-16(2)12(18)8-9-15-14(21)17(10-13(19)20)11-6-4-3-5-7-11/h3-7H,8-10H2,1-2H3,(H,15,21)(H,19,20). The number of hydrogen-bond acceptors (Lipinski definition) is 3. The van der Waals surface area contributed by atoms with E-state index in [0.29, 0.717) is 5.69 Å². The minimum absolute atomic E-state index is 0.111. The predicted octanol–water partition coefficient (Wildman–Crippen LogP) is 0.766. The molecule has 2 N–H and O–H groups in total. The molecule has 7 nitrogen and oxygen atoms in total. The van der Waals surface area contributed by atoms with Crippen LogP contribution in [0, 0.1) is 0 Å². The molecule has 0 heterocycles. The summed E-state index contributed by atoms with van der Waals surface area (Å²) in [6.07, 6.45) is 0.161. The zero-order valence-electron chi connectivity index (χ0n) is 12.1. The van der Waals surface area contributed by atoms with Crippen molar-refractivity contribution in [3.63, 3.8) is 0 Å². The molecule has 0 fully saturated rings. The number of benzene rings is 1. The van der Waals surface area contributed by atoms with Crippen LogP contribution in [-0.2, 0) is 9.59 Å². The zero-order valence-corrected chi connectivity index (χ0v) is 12.1. The molecule has 21 heavy (non-hydrogen) atoms. The molecule has 7 heteroatoms. The lowest BCUT2D eigenvalue weighted by atomic mass is 10.3. The third kappa shape index (κ3) is 5.52. The van der Waals surface area contributed by atoms with E-state index in [-0.39, 0.29) is 18.9 Å². The summed E-state index contributed by atoms with van der Waals surface area (Å²) in [5, 5.41) is 11.4. The number of carboxylic acid groups (broad SMARTS) is 1. The van der Waals surface area contributed by atoms with Crippen LogP contribution in [0.4, 0.5) is 10.5 Å². The molecule has 0 aliphatic carbocycles. The Morgan fingerprint density at radius 3 is 2.29 bits per heavy atom. The number of carbonyl (C=O) groups excluding carboxylic acids is 2. The number of urea groups is 1. The van der Waals surface area contributed by atoms with Crippen LogP contribution in [0.25, 0.3) is 0 Å². The average molecular weight is 293 g/mol. The van der Waals surface area contributed by atoms with Gasteiger partial charge in [-0.05, 0) is 12.1 Å². The van der Waals surface area contributed by atoms with Crippen LogP contribution in [0.15, 0.2) is 30.3 Å². The van der Waals surface area contributed by atoms with Crippen molar-refractivity contribution in [3.05, 3.63) is 30.3 Å². The van der Waals surface area contributed by atoms with Crippen LogP contribution in [0.3, 0.4) is 0 Å². The number of hydrogen-bond donors (Lipinski definition) is 2. The van der Waals surface area contributed by atoms with Crippen molar-refractivity contribution in [2.24, 2.45) is 0 Å². The highest BCUT2D eigenvalue weighted by molar-refractivity contribution is 5.96. The third-order valence-corrected chi connectivity index (χ3v) is 2.72. The van der Waals surface area contributed by atoms with Crippen molar-refractivity contribution >= 4 is 23.6 Å². The van der Waals surface area contributed by atoms with E-state index in [1.165, 1.54) is 4.90 Å². The molecule has 1 aromatic carbocycles. The lowest BCUT2D eigenvalue weighted by molar-refractivity contribution is -0.135. The summed E-state index contributed by atoms with van der Waals surface area (Å²) in [5.74, 6) is -1.22. The molecular weight excluding hydrogens is 274 g/mol. The molecule has 1 aromatic rings. The first-order valence-corrected chi connectivity index (χ1v) is 6.44. The molecule has 0 aliphatic rings. The van der Waals surface area contributed by atoms with Gasteiger partial charge in [0.15, 0.2) is 0 Å². The number of carboxylic acids is 1. The van der Waals surface area contributed by atoms with Gasteiger partial charge in [0.05, 0.1) is 0 Å². The first-order valence-electron chi connectivity index (χ1n) is 6.44. The predicted molar refractivity (Wildman–Crippen MR) is 78.1 cm³/mol. The fourth-order valence-electron chi connectivity index (χ4n) is 1.62. The third-order valence-electron chi connectivity index (χ3n) is 2.72. The number of nitrogens with zero attached hydrogens (tertiary/aromatic N) is 2. The minimum atomic E-state index is -1.11. The number of carbonyl (C=O) groups is 3. The second-order valence-corrected chi connectivity index (χ2v) is 4.59. The monoisotopic (exact) mass is 293 g/mol. The summed E-state index contributed by atoms with van der Waals surface area (Å²) >= 11 is 0. The van der Waals surface area contributed by atoms with E-state index in [1.807, 2.05) is 0 Å². The fraction of sp³-hybridized carbons (Fsp3) is 0.357. The number of rotatable bonds is 6. The Hall–Kier alpha value is -2.57. The summed E-state index contributed by atoms with van der Waals surface area (Å²) in [7, 11) is 3.26. The largest absolute Gasteiger partial charge is 0.480 e. The number of anilines is 1. The van der Waals surface area contributed by atoms with Crippen LogP contribution in [0.2, 0.25) is 0 Å². The smallest absolute Gasteiger partial charge is 0.323 e. The molecule has 0 atom stereocenters. The van der Waals surface area contributed by atoms with Crippen LogP contribution < -0.4 is 10.2 Å². The Morgan fingerprint density at radius 1 is 1.14 bits per heavy atom. The topological polar surface area (TPSA) is 90.0 Å². The Morgan fingerprint density at radius 2 is 1.76 bits per heavy atom. The highest BCUT2D eigenvalue weighted by Crippen LogP contribution is 2.12. The molecule has 3 amide bonds. The van der Waals surface area contributed by atoms with Crippen LogP contribution in [0.5, 0.6) is 0 Å². The number of para-hydroxylation sites is 1. The maximum atomic E-state index is 12.1. The van der Waals surface area contributed by atoms with Crippen LogP contribution >= 0.6 is 0 Å². The van der Waals surface area contributed by atoms with E-state index < -0.39 is 18.5 Å². The van der Waals surface area contributed by atoms with E-state index in [1.54, 1.807) is 44.4 Å². The van der Waals surface area contributed by atoms with E-state index in [2.05, 4.69) is 5.32 Å². The lowest BCUT2D eigenvalue weighted by Crippen LogP contribution is -2.44. The summed E-state index contributed by atoms with van der Waals surface area (Å²) in [6.45, 7) is -0.295. The Kier molecular flexibility index (Phi) is 6.19. The van der Waals surface area contributed by atoms with Crippen LogP contribution in [0.1, 0.15) is 6.42 Å². The SMILES string of the molecule is CN(C)C(=O)CCNC(=O)N(CC(=O)O)c1ccccc1. The molecule has 0 radical (unpaired) electrons. The van der Waals surface area contributed by atoms with Gasteiger partial charge < -0.3 is 15.3 Å². The number of aliphatic carboxylic acids is 1. The second kappa shape index (κ2) is 7.88. The van der Waals surface area contributed by atoms with Crippen molar-refractivity contribution in [1.29, 1.82) is 0 Å². The van der Waals surface area contributed by atoms with Crippen molar-refractivity contribution in [1.82, 2.24) is 10.2 Å². The maximum Gasteiger partial charge on any atom is 0.323 e. The van der Waals surface area contributed by atoms with Gasteiger partial charge in [-0.15, -0.1) is 0 Å². The maximum absolute atomic E-state index is 12.1. The van der Waals surface area contributed by atoms with Gasteiger partial charge in [-0.1, -0.05) is 18.2 Å². The highest BCUT2D eigenvalue weighted by atomic mass is 16.4. The summed E-state index contributed by atoms with van der Waals surface area (Å²) in [5.41, 5.74) is 0.483. The van der Waals surface area contributed by atoms with Gasteiger partial charge in [0, 0.05) is 32.7 Å². The Bertz CT molecular complexity index is 502. The summed E-state index contributed by atoms with van der Waals surface area (Å²) < 4.78 is 0. The molecule has 1 rings (SSSR count). The van der Waals surface area contributed by atoms with Gasteiger partial charge in [-0.25, -0.2) is 4.79 Å². The van der Waals surface area contributed by atoms with E-state index in [4.69, 9.17) is 5.11 Å². The molecule has 0 bridgehead atoms. The van der Waals surface area contributed by atoms with Crippen molar-refractivity contribution in [2.75, 3.05) is 32.1 Å². The van der Waals surface area contributed by atoms with Gasteiger partial charge in [0.1, 0.15) is 6.54 Å². The second-order valence-electron chi connectivity index (χ2n) is 4.59. The molecule has 0 saturated heterocycles. The number of nitrogens with one attached hydrogen (secondary N) is 1. The normalized spacial score (nSPS) is 9.81. The zero-order chi connectivity index (χ0) is 15.8. The highest BCUT2D eigenvalue weighted by Gasteiger charge is 2.18. The molecule has 0 saturated carbocycles. The molecule has 0 unspecified atom stereocenters. The number of amides is 3. The van der Waals surface area contributed by atoms with Gasteiger partial charge in [0.2, 0.25) is 5.91 Å². The average Bonchev–Trinajstić information content (AvgIpc) is 2.45. The van der Waals surface area contributed by atoms with Crippen molar-refractivity contribution < 1.29 is 19.5 Å². The van der Waals surface area contributed by atoms with Crippen molar-refractivity contribution in [3.8, 4) is 0 Å². The first-order chi connectivity index (χ1) is 9.91. The molecule has 0 aromatic heterocycles. The van der Waals surface area contributed by atoms with Gasteiger partial charge >= 0.3 is 12.0 Å².